The summed E-state index contributed by atoms with van der Waals surface area (Å²) in [6.07, 6.45) is 1.08. The summed E-state index contributed by atoms with van der Waals surface area (Å²) in [5.41, 5.74) is 1.87. The molecule has 3 rings (SSSR count). The molecule has 0 radical (unpaired) electrons. The van der Waals surface area contributed by atoms with Crippen molar-refractivity contribution in [1.82, 2.24) is 15.2 Å². The number of anilines is 1. The molecule has 1 aliphatic rings. The lowest BCUT2D eigenvalue weighted by molar-refractivity contribution is 0.194. The van der Waals surface area contributed by atoms with E-state index in [1.165, 1.54) is 6.07 Å². The quantitative estimate of drug-likeness (QED) is 0.931. The van der Waals surface area contributed by atoms with Gasteiger partial charge in [0.05, 0.1) is 23.5 Å². The number of aliphatic hydroxyl groups is 1. The average Bonchev–Trinajstić information content (AvgIpc) is 2.98. The third-order valence-corrected chi connectivity index (χ3v) is 4.35. The molecule has 1 aliphatic heterocycles. The number of hydrogen-bond acceptors (Lipinski definition) is 5. The summed E-state index contributed by atoms with van der Waals surface area (Å²) in [6.45, 7) is 4.22. The summed E-state index contributed by atoms with van der Waals surface area (Å²) >= 11 is 0. The highest BCUT2D eigenvalue weighted by Gasteiger charge is 2.36. The zero-order valence-electron chi connectivity index (χ0n) is 13.7. The van der Waals surface area contributed by atoms with Gasteiger partial charge < -0.3 is 10.0 Å². The van der Waals surface area contributed by atoms with E-state index in [1.54, 1.807) is 4.90 Å². The fraction of sp³-hybridized carbons (Fsp3) is 0.471. The Kier molecular flexibility index (Phi) is 4.71. The second-order valence-corrected chi connectivity index (χ2v) is 5.94. The number of hydrogen-bond donors (Lipinski definition) is 1. The highest BCUT2D eigenvalue weighted by molar-refractivity contribution is 5.40. The molecule has 1 aromatic carbocycles. The summed E-state index contributed by atoms with van der Waals surface area (Å²) in [7, 11) is 0. The minimum Gasteiger partial charge on any atom is -0.391 e. The van der Waals surface area contributed by atoms with Gasteiger partial charge in [0.25, 0.3) is 0 Å². The Morgan fingerprint density at radius 3 is 2.62 bits per heavy atom. The zero-order chi connectivity index (χ0) is 17.3. The van der Waals surface area contributed by atoms with E-state index in [9.17, 15) is 13.9 Å². The molecule has 0 aliphatic carbocycles. The smallest absolute Gasteiger partial charge is 0.246 e. The lowest BCUT2D eigenvalue weighted by Crippen LogP contribution is -2.28. The molecule has 128 valence electrons. The van der Waals surface area contributed by atoms with Crippen molar-refractivity contribution in [3.63, 3.8) is 0 Å². The van der Waals surface area contributed by atoms with Crippen LogP contribution < -0.4 is 4.90 Å². The van der Waals surface area contributed by atoms with Gasteiger partial charge in [0, 0.05) is 12.1 Å². The molecule has 0 bridgehead atoms. The number of benzene rings is 1. The second kappa shape index (κ2) is 6.76. The van der Waals surface area contributed by atoms with Crippen molar-refractivity contribution >= 4 is 5.95 Å². The molecule has 2 aromatic rings. The van der Waals surface area contributed by atoms with Gasteiger partial charge in [0.15, 0.2) is 0 Å². The molecule has 0 amide bonds. The molecule has 2 heterocycles. The second-order valence-electron chi connectivity index (χ2n) is 5.94. The maximum Gasteiger partial charge on any atom is 0.246 e. The predicted molar refractivity (Wildman–Crippen MR) is 85.7 cm³/mol. The maximum absolute atomic E-state index is 14.2. The van der Waals surface area contributed by atoms with Crippen LogP contribution in [-0.4, -0.2) is 32.9 Å². The van der Waals surface area contributed by atoms with E-state index in [4.69, 9.17) is 0 Å². The molecule has 7 heteroatoms. The Labute approximate surface area is 139 Å². The van der Waals surface area contributed by atoms with E-state index in [2.05, 4.69) is 15.2 Å². The van der Waals surface area contributed by atoms with Crippen LogP contribution in [0, 0.1) is 11.6 Å². The molecule has 1 fully saturated rings. The minimum atomic E-state index is -0.655. The van der Waals surface area contributed by atoms with E-state index in [0.29, 0.717) is 18.8 Å². The fourth-order valence-electron chi connectivity index (χ4n) is 3.15. The number of aliphatic hydroxyl groups excluding tert-OH is 1. The van der Waals surface area contributed by atoms with Crippen LogP contribution in [0.3, 0.4) is 0 Å². The Morgan fingerprint density at radius 2 is 1.92 bits per heavy atom. The lowest BCUT2D eigenvalue weighted by Gasteiger charge is -2.25. The van der Waals surface area contributed by atoms with Crippen molar-refractivity contribution in [2.45, 2.75) is 45.3 Å². The first kappa shape index (κ1) is 16.7. The van der Waals surface area contributed by atoms with Gasteiger partial charge in [-0.25, -0.2) is 13.8 Å². The van der Waals surface area contributed by atoms with Gasteiger partial charge in [-0.05, 0) is 37.5 Å². The Hall–Kier alpha value is -2.15. The Bertz CT molecular complexity index is 741. The van der Waals surface area contributed by atoms with E-state index in [1.807, 2.05) is 13.8 Å². The molecule has 24 heavy (non-hydrogen) atoms. The molecule has 2 atom stereocenters. The van der Waals surface area contributed by atoms with E-state index in [0.717, 1.165) is 29.9 Å². The lowest BCUT2D eigenvalue weighted by atomic mass is 10.0. The van der Waals surface area contributed by atoms with Crippen molar-refractivity contribution in [2.75, 3.05) is 11.4 Å². The fourth-order valence-corrected chi connectivity index (χ4v) is 3.15. The zero-order valence-corrected chi connectivity index (χ0v) is 13.7. The first-order chi connectivity index (χ1) is 11.5. The molecule has 0 unspecified atom stereocenters. The normalized spacial score (nSPS) is 20.6. The molecule has 0 saturated carbocycles. The average molecular weight is 334 g/mol. The van der Waals surface area contributed by atoms with Crippen LogP contribution in [0.15, 0.2) is 18.2 Å². The largest absolute Gasteiger partial charge is 0.391 e. The third-order valence-electron chi connectivity index (χ3n) is 4.35. The summed E-state index contributed by atoms with van der Waals surface area (Å²) in [5.74, 6) is -0.675. The van der Waals surface area contributed by atoms with Gasteiger partial charge in [-0.15, -0.1) is 5.10 Å². The third kappa shape index (κ3) is 3.08. The number of β-amino-alcohol motifs (C(OH)–C–C–N with tert-alkyl or cyclic N) is 1. The van der Waals surface area contributed by atoms with Crippen LogP contribution in [0.4, 0.5) is 14.7 Å². The first-order valence-corrected chi connectivity index (χ1v) is 8.15. The topological polar surface area (TPSA) is 62.1 Å². The summed E-state index contributed by atoms with van der Waals surface area (Å²) < 4.78 is 27.7. The van der Waals surface area contributed by atoms with Gasteiger partial charge in [-0.2, -0.15) is 5.10 Å². The molecule has 1 saturated heterocycles. The number of halogens is 2. The Balaban J connectivity index is 2.01. The van der Waals surface area contributed by atoms with Crippen molar-refractivity contribution in [2.24, 2.45) is 0 Å². The highest BCUT2D eigenvalue weighted by Crippen LogP contribution is 2.36. The van der Waals surface area contributed by atoms with E-state index >= 15 is 0 Å². The number of aryl methyl sites for hydroxylation is 2. The molecule has 1 aromatic heterocycles. The number of nitrogens with zero attached hydrogens (tertiary/aromatic N) is 4. The highest BCUT2D eigenvalue weighted by atomic mass is 19.1. The van der Waals surface area contributed by atoms with E-state index in [-0.39, 0.29) is 12.1 Å². The van der Waals surface area contributed by atoms with Gasteiger partial charge >= 0.3 is 0 Å². The maximum atomic E-state index is 14.2. The van der Waals surface area contributed by atoms with Crippen LogP contribution >= 0.6 is 0 Å². The van der Waals surface area contributed by atoms with Gasteiger partial charge in [0.2, 0.25) is 5.95 Å². The van der Waals surface area contributed by atoms with Gasteiger partial charge in [-0.3, -0.25) is 0 Å². The van der Waals surface area contributed by atoms with Crippen molar-refractivity contribution in [3.05, 3.63) is 46.8 Å². The molecule has 5 nitrogen and oxygen atoms in total. The predicted octanol–water partition coefficient (Wildman–Crippen LogP) is 2.59. The van der Waals surface area contributed by atoms with Crippen LogP contribution in [0.2, 0.25) is 0 Å². The SMILES string of the molecule is CCc1nnc(N2C[C@H](O)C[C@H]2c2cc(F)ccc2F)nc1CC. The minimum absolute atomic E-state index is 0.202. The van der Waals surface area contributed by atoms with Crippen LogP contribution in [-0.2, 0) is 12.8 Å². The van der Waals surface area contributed by atoms with Gasteiger partial charge in [0.1, 0.15) is 11.6 Å². The number of rotatable bonds is 4. The summed E-state index contributed by atoms with van der Waals surface area (Å²) in [4.78, 5) is 6.23. The van der Waals surface area contributed by atoms with Crippen molar-refractivity contribution < 1.29 is 13.9 Å². The molecular formula is C17H20F2N4O. The van der Waals surface area contributed by atoms with Crippen LogP contribution in [0.5, 0.6) is 0 Å². The molecular weight excluding hydrogens is 314 g/mol. The standard InChI is InChI=1S/C17H20F2N4O/c1-3-14-15(4-2)21-22-17(20-14)23-9-11(24)8-16(23)12-7-10(18)5-6-13(12)19/h5-7,11,16,24H,3-4,8-9H2,1-2H3/t11-,16+/m1/s1. The van der Waals surface area contributed by atoms with Crippen LogP contribution in [0.1, 0.15) is 43.3 Å². The van der Waals surface area contributed by atoms with Gasteiger partial charge in [-0.1, -0.05) is 13.8 Å². The monoisotopic (exact) mass is 334 g/mol. The van der Waals surface area contributed by atoms with Crippen molar-refractivity contribution in [1.29, 1.82) is 0 Å². The molecule has 1 N–H and O–H groups in total. The van der Waals surface area contributed by atoms with E-state index < -0.39 is 23.8 Å². The molecule has 0 spiro atoms. The van der Waals surface area contributed by atoms with Crippen molar-refractivity contribution in [3.8, 4) is 0 Å². The number of aromatic nitrogens is 3. The first-order valence-electron chi connectivity index (χ1n) is 8.15. The summed E-state index contributed by atoms with van der Waals surface area (Å²) in [5, 5.41) is 18.4. The summed E-state index contributed by atoms with van der Waals surface area (Å²) in [6, 6.07) is 2.83. The van der Waals surface area contributed by atoms with Crippen LogP contribution in [0.25, 0.3) is 0 Å². The Morgan fingerprint density at radius 1 is 1.17 bits per heavy atom.